The predicted molar refractivity (Wildman–Crippen MR) is 120 cm³/mol. The van der Waals surface area contributed by atoms with E-state index >= 15 is 0 Å². The van der Waals surface area contributed by atoms with Gasteiger partial charge in [-0.1, -0.05) is 23.7 Å². The molecule has 1 aromatic heterocycles. The lowest BCUT2D eigenvalue weighted by atomic mass is 10.0. The summed E-state index contributed by atoms with van der Waals surface area (Å²) in [4.78, 5) is 4.82. The van der Waals surface area contributed by atoms with E-state index < -0.39 is 0 Å². The van der Waals surface area contributed by atoms with E-state index in [1.54, 1.807) is 14.2 Å². The quantitative estimate of drug-likeness (QED) is 0.531. The third-order valence-corrected chi connectivity index (χ3v) is 5.87. The molecule has 1 saturated heterocycles. The average Bonchev–Trinajstić information content (AvgIpc) is 3.27. The van der Waals surface area contributed by atoms with Gasteiger partial charge in [0.25, 0.3) is 0 Å². The molecule has 0 spiro atoms. The molecule has 1 aliphatic rings. The van der Waals surface area contributed by atoms with Gasteiger partial charge in [0.1, 0.15) is 5.75 Å². The topological polar surface area (TPSA) is 68.5 Å². The van der Waals surface area contributed by atoms with Crippen molar-refractivity contribution in [2.75, 3.05) is 51.9 Å². The number of piperazine rings is 1. The number of anilines is 1. The number of hydrogen-bond acceptors (Lipinski definition) is 7. The molecule has 1 fully saturated rings. The lowest BCUT2D eigenvalue weighted by molar-refractivity contribution is 0.172. The number of benzene rings is 2. The molecule has 0 radical (unpaired) electrons. The molecular weight excluding hydrogens is 416 g/mol. The maximum absolute atomic E-state index is 6.14. The minimum absolute atomic E-state index is 0.0536. The maximum atomic E-state index is 6.14. The zero-order chi connectivity index (χ0) is 21.6. The van der Waals surface area contributed by atoms with Crippen molar-refractivity contribution in [1.82, 2.24) is 25.1 Å². The Balaban J connectivity index is 1.55. The summed E-state index contributed by atoms with van der Waals surface area (Å²) in [5, 5.41) is 13.2. The fraction of sp³-hybridized carbons (Fsp3) is 0.409. The van der Waals surface area contributed by atoms with Crippen molar-refractivity contribution in [2.24, 2.45) is 0 Å². The summed E-state index contributed by atoms with van der Waals surface area (Å²) in [5.74, 6) is 1.69. The van der Waals surface area contributed by atoms with Gasteiger partial charge in [-0.25, -0.2) is 4.68 Å². The summed E-state index contributed by atoms with van der Waals surface area (Å²) < 4.78 is 12.3. The number of ether oxygens (including phenoxy) is 2. The summed E-state index contributed by atoms with van der Waals surface area (Å²) in [6, 6.07) is 16.1. The zero-order valence-electron chi connectivity index (χ0n) is 17.8. The molecule has 164 valence electrons. The van der Waals surface area contributed by atoms with Crippen LogP contribution in [-0.2, 0) is 11.3 Å². The van der Waals surface area contributed by atoms with Crippen LogP contribution in [0, 0.1) is 0 Å². The van der Waals surface area contributed by atoms with Crippen LogP contribution in [0.15, 0.2) is 48.5 Å². The van der Waals surface area contributed by atoms with Crippen molar-refractivity contribution in [3.63, 3.8) is 0 Å². The molecule has 2 aromatic carbocycles. The molecule has 9 heteroatoms. The third-order valence-electron chi connectivity index (χ3n) is 5.61. The van der Waals surface area contributed by atoms with Crippen LogP contribution in [0.4, 0.5) is 5.69 Å². The van der Waals surface area contributed by atoms with Crippen molar-refractivity contribution < 1.29 is 9.47 Å². The van der Waals surface area contributed by atoms with Crippen LogP contribution in [0.25, 0.3) is 0 Å². The van der Waals surface area contributed by atoms with Gasteiger partial charge in [0.2, 0.25) is 0 Å². The van der Waals surface area contributed by atoms with Crippen LogP contribution in [-0.4, -0.2) is 72.1 Å². The smallest absolute Gasteiger partial charge is 0.173 e. The second kappa shape index (κ2) is 10.1. The second-order valence-electron chi connectivity index (χ2n) is 7.43. The monoisotopic (exact) mass is 442 g/mol. The highest BCUT2D eigenvalue weighted by Gasteiger charge is 2.30. The minimum Gasteiger partial charge on any atom is -0.497 e. The van der Waals surface area contributed by atoms with Crippen molar-refractivity contribution in [3.05, 3.63) is 64.9 Å². The number of tetrazole rings is 1. The van der Waals surface area contributed by atoms with Gasteiger partial charge in [0, 0.05) is 44.0 Å². The molecule has 1 atom stereocenters. The molecule has 0 amide bonds. The van der Waals surface area contributed by atoms with E-state index in [1.807, 2.05) is 28.9 Å². The van der Waals surface area contributed by atoms with Gasteiger partial charge < -0.3 is 14.4 Å². The van der Waals surface area contributed by atoms with Crippen LogP contribution in [0.5, 0.6) is 5.75 Å². The highest BCUT2D eigenvalue weighted by atomic mass is 35.5. The molecular formula is C22H27ClN6O2. The fourth-order valence-electron chi connectivity index (χ4n) is 3.94. The van der Waals surface area contributed by atoms with Crippen LogP contribution >= 0.6 is 11.6 Å². The molecule has 0 unspecified atom stereocenters. The van der Waals surface area contributed by atoms with Gasteiger partial charge in [-0.2, -0.15) is 0 Å². The number of nitrogens with zero attached hydrogens (tertiary/aromatic N) is 6. The normalized spacial score (nSPS) is 15.8. The van der Waals surface area contributed by atoms with Gasteiger partial charge in [-0.15, -0.1) is 5.10 Å². The van der Waals surface area contributed by atoms with E-state index in [1.165, 1.54) is 5.69 Å². The third kappa shape index (κ3) is 4.98. The first kappa shape index (κ1) is 21.5. The van der Waals surface area contributed by atoms with Crippen molar-refractivity contribution in [3.8, 4) is 5.75 Å². The van der Waals surface area contributed by atoms with Crippen LogP contribution in [0.2, 0.25) is 5.02 Å². The van der Waals surface area contributed by atoms with E-state index in [-0.39, 0.29) is 6.04 Å². The number of halogens is 1. The Labute approximate surface area is 187 Å². The van der Waals surface area contributed by atoms with Gasteiger partial charge in [0.05, 0.1) is 26.3 Å². The molecule has 0 saturated carbocycles. The van der Waals surface area contributed by atoms with E-state index in [2.05, 4.69) is 49.6 Å². The summed E-state index contributed by atoms with van der Waals surface area (Å²) in [6.45, 7) is 4.75. The van der Waals surface area contributed by atoms with Gasteiger partial charge >= 0.3 is 0 Å². The molecule has 31 heavy (non-hydrogen) atoms. The van der Waals surface area contributed by atoms with Crippen LogP contribution < -0.4 is 9.64 Å². The second-order valence-corrected chi connectivity index (χ2v) is 7.86. The Hall–Kier alpha value is -2.68. The Morgan fingerprint density at radius 3 is 2.32 bits per heavy atom. The van der Waals surface area contributed by atoms with Crippen LogP contribution in [0.1, 0.15) is 17.4 Å². The molecule has 2 heterocycles. The van der Waals surface area contributed by atoms with E-state index in [0.29, 0.717) is 18.2 Å². The molecule has 3 aromatic rings. The Morgan fingerprint density at radius 1 is 0.968 bits per heavy atom. The standard InChI is InChI=1S/C22H27ClN6O2/c1-30-16-15-29-22(24-25-26-29)21(17-3-5-18(23)6-4-17)28-13-11-27(12-14-28)19-7-9-20(31-2)10-8-19/h3-10,21H,11-16H2,1-2H3/t21-/m0/s1. The van der Waals surface area contributed by atoms with Gasteiger partial charge in [-0.3, -0.25) is 4.90 Å². The first-order valence-corrected chi connectivity index (χ1v) is 10.7. The van der Waals surface area contributed by atoms with Gasteiger partial charge in [0.15, 0.2) is 5.82 Å². The Bertz CT molecular complexity index is 955. The summed E-state index contributed by atoms with van der Waals surface area (Å²) in [5.41, 5.74) is 2.32. The Morgan fingerprint density at radius 2 is 1.68 bits per heavy atom. The number of aromatic nitrogens is 4. The minimum atomic E-state index is -0.0536. The van der Waals surface area contributed by atoms with Crippen molar-refractivity contribution >= 4 is 17.3 Å². The van der Waals surface area contributed by atoms with Crippen molar-refractivity contribution in [1.29, 1.82) is 0 Å². The molecule has 0 aliphatic carbocycles. The molecule has 1 aliphatic heterocycles. The fourth-order valence-corrected chi connectivity index (χ4v) is 4.07. The molecule has 0 N–H and O–H groups in total. The zero-order valence-corrected chi connectivity index (χ0v) is 18.6. The van der Waals surface area contributed by atoms with Gasteiger partial charge in [-0.05, 0) is 52.4 Å². The summed E-state index contributed by atoms with van der Waals surface area (Å²) >= 11 is 6.14. The molecule has 0 bridgehead atoms. The summed E-state index contributed by atoms with van der Waals surface area (Å²) in [6.07, 6.45) is 0. The lowest BCUT2D eigenvalue weighted by Gasteiger charge is -2.40. The number of methoxy groups -OCH3 is 2. The maximum Gasteiger partial charge on any atom is 0.173 e. The van der Waals surface area contributed by atoms with Crippen molar-refractivity contribution in [2.45, 2.75) is 12.6 Å². The first-order valence-electron chi connectivity index (χ1n) is 10.3. The number of rotatable bonds is 8. The van der Waals surface area contributed by atoms with Crippen LogP contribution in [0.3, 0.4) is 0 Å². The first-order chi connectivity index (χ1) is 15.2. The highest BCUT2D eigenvalue weighted by molar-refractivity contribution is 6.30. The largest absolute Gasteiger partial charge is 0.497 e. The predicted octanol–water partition coefficient (Wildman–Crippen LogP) is 2.89. The van der Waals surface area contributed by atoms with E-state index in [0.717, 1.165) is 43.3 Å². The average molecular weight is 443 g/mol. The summed E-state index contributed by atoms with van der Waals surface area (Å²) in [7, 11) is 3.37. The lowest BCUT2D eigenvalue weighted by Crippen LogP contribution is -2.48. The van der Waals surface area contributed by atoms with E-state index in [9.17, 15) is 0 Å². The number of hydrogen-bond donors (Lipinski definition) is 0. The molecule has 4 rings (SSSR count). The SMILES string of the molecule is COCCn1nnnc1[C@H](c1ccc(Cl)cc1)N1CCN(c2ccc(OC)cc2)CC1. The molecule has 8 nitrogen and oxygen atoms in total. The van der Waals surface area contributed by atoms with E-state index in [4.69, 9.17) is 21.1 Å². The Kier molecular flexibility index (Phi) is 7.01. The highest BCUT2D eigenvalue weighted by Crippen LogP contribution is 2.30.